The summed E-state index contributed by atoms with van der Waals surface area (Å²) < 4.78 is 10.8. The molecule has 0 heterocycles. The Morgan fingerprint density at radius 1 is 1.31 bits per heavy atom. The highest BCUT2D eigenvalue weighted by molar-refractivity contribution is 7.55. The highest BCUT2D eigenvalue weighted by atomic mass is 35.5. The molecule has 0 radical (unpaired) electrons. The molecule has 0 aliphatic rings. The van der Waals surface area contributed by atoms with E-state index in [2.05, 4.69) is 6.92 Å². The predicted octanol–water partition coefficient (Wildman–Crippen LogP) is 1.56. The highest BCUT2D eigenvalue weighted by Gasteiger charge is 2.43. The van der Waals surface area contributed by atoms with Crippen LogP contribution in [0.15, 0.2) is 0 Å². The van der Waals surface area contributed by atoms with Gasteiger partial charge < -0.3 is 19.8 Å². The number of halogens is 1. The molecule has 1 unspecified atom stereocenters. The third kappa shape index (κ3) is 6.18. The highest BCUT2D eigenvalue weighted by Crippen LogP contribution is 2.53. The first-order chi connectivity index (χ1) is 7.20. The molecular weight excluding hydrogens is 253 g/mol. The number of nitrogens with zero attached hydrogens (tertiary/aromatic N) is 1. The van der Waals surface area contributed by atoms with Crippen molar-refractivity contribution in [1.29, 1.82) is 0 Å². The Bertz CT molecular complexity index is 244. The minimum atomic E-state index is -4.66. The van der Waals surface area contributed by atoms with Crippen LogP contribution in [0.3, 0.4) is 0 Å². The molecule has 0 saturated heterocycles. The van der Waals surface area contributed by atoms with Crippen LogP contribution >= 0.6 is 19.2 Å². The van der Waals surface area contributed by atoms with Crippen LogP contribution in [0.25, 0.3) is 0 Å². The molecule has 0 aliphatic heterocycles. The molecule has 16 heavy (non-hydrogen) atoms. The van der Waals surface area contributed by atoms with Crippen LogP contribution in [-0.2, 0) is 4.57 Å². The first-order valence-corrected chi connectivity index (χ1v) is 7.35. The van der Waals surface area contributed by atoms with Gasteiger partial charge in [0.1, 0.15) is 0 Å². The van der Waals surface area contributed by atoms with E-state index in [9.17, 15) is 9.67 Å². The van der Waals surface area contributed by atoms with E-state index >= 15 is 0 Å². The van der Waals surface area contributed by atoms with Crippen molar-refractivity contribution in [3.63, 3.8) is 0 Å². The summed E-state index contributed by atoms with van der Waals surface area (Å²) in [5, 5.41) is 9.35. The quantitative estimate of drug-likeness (QED) is 0.355. The summed E-state index contributed by atoms with van der Waals surface area (Å²) in [6, 6.07) is 0. The summed E-state index contributed by atoms with van der Waals surface area (Å²) in [6.07, 6.45) is 3.12. The van der Waals surface area contributed by atoms with Crippen LogP contribution in [0.5, 0.6) is 0 Å². The van der Waals surface area contributed by atoms with Crippen LogP contribution in [0, 0.1) is 0 Å². The Morgan fingerprint density at radius 3 is 2.31 bits per heavy atom. The SMILES string of the molecule is CCCCCN(C)CCC(O)(Cl)P(=O)(O)O. The zero-order valence-electron chi connectivity index (χ0n) is 9.76. The van der Waals surface area contributed by atoms with Crippen LogP contribution in [-0.4, -0.2) is 44.7 Å². The van der Waals surface area contributed by atoms with E-state index in [4.69, 9.17) is 21.4 Å². The van der Waals surface area contributed by atoms with Crippen LogP contribution in [0.4, 0.5) is 0 Å². The zero-order valence-corrected chi connectivity index (χ0v) is 11.4. The van der Waals surface area contributed by atoms with Gasteiger partial charge in [0.2, 0.25) is 4.80 Å². The first kappa shape index (κ1) is 16.4. The van der Waals surface area contributed by atoms with E-state index in [1.807, 2.05) is 11.9 Å². The van der Waals surface area contributed by atoms with Crippen molar-refractivity contribution in [3.05, 3.63) is 0 Å². The minimum absolute atomic E-state index is 0.151. The molecule has 0 aliphatic carbocycles. The minimum Gasteiger partial charge on any atom is -0.365 e. The van der Waals surface area contributed by atoms with E-state index in [0.717, 1.165) is 25.8 Å². The molecule has 0 aromatic carbocycles. The van der Waals surface area contributed by atoms with Gasteiger partial charge in [-0.15, -0.1) is 0 Å². The average Bonchev–Trinajstić information content (AvgIpc) is 2.13. The Labute approximate surface area is 102 Å². The Morgan fingerprint density at radius 2 is 1.88 bits per heavy atom. The molecule has 0 rings (SSSR count). The van der Waals surface area contributed by atoms with Crippen molar-refractivity contribution in [2.75, 3.05) is 20.1 Å². The lowest BCUT2D eigenvalue weighted by molar-refractivity contribution is 0.142. The van der Waals surface area contributed by atoms with Crippen molar-refractivity contribution in [2.45, 2.75) is 37.4 Å². The molecule has 0 bridgehead atoms. The second-order valence-corrected chi connectivity index (χ2v) is 6.74. The van der Waals surface area contributed by atoms with Crippen molar-refractivity contribution in [3.8, 4) is 0 Å². The Kier molecular flexibility index (Phi) is 7.10. The van der Waals surface area contributed by atoms with E-state index in [0.29, 0.717) is 6.54 Å². The zero-order chi connectivity index (χ0) is 12.8. The van der Waals surface area contributed by atoms with E-state index in [-0.39, 0.29) is 6.42 Å². The fourth-order valence-electron chi connectivity index (χ4n) is 1.22. The van der Waals surface area contributed by atoms with Gasteiger partial charge in [0.15, 0.2) is 0 Å². The molecule has 0 saturated carbocycles. The molecule has 0 aromatic rings. The number of hydrogen-bond acceptors (Lipinski definition) is 3. The van der Waals surface area contributed by atoms with E-state index < -0.39 is 12.4 Å². The normalized spacial score (nSPS) is 16.4. The number of rotatable bonds is 8. The second kappa shape index (κ2) is 6.94. The molecule has 0 amide bonds. The molecule has 0 spiro atoms. The maximum atomic E-state index is 10.8. The molecule has 5 nitrogen and oxygen atoms in total. The predicted molar refractivity (Wildman–Crippen MR) is 64.5 cm³/mol. The molecule has 98 valence electrons. The lowest BCUT2D eigenvalue weighted by atomic mass is 10.2. The molecule has 0 aromatic heterocycles. The lowest BCUT2D eigenvalue weighted by Gasteiger charge is -2.24. The topological polar surface area (TPSA) is 81.0 Å². The van der Waals surface area contributed by atoms with Gasteiger partial charge >= 0.3 is 7.60 Å². The van der Waals surface area contributed by atoms with Gasteiger partial charge in [-0.05, 0) is 20.0 Å². The summed E-state index contributed by atoms with van der Waals surface area (Å²) >= 11 is 5.38. The number of alkyl halides is 1. The summed E-state index contributed by atoms with van der Waals surface area (Å²) in [4.78, 5) is 17.0. The van der Waals surface area contributed by atoms with Gasteiger partial charge in [-0.1, -0.05) is 31.4 Å². The molecule has 3 N–H and O–H groups in total. The smallest absolute Gasteiger partial charge is 0.365 e. The van der Waals surface area contributed by atoms with Gasteiger partial charge in [0.25, 0.3) is 0 Å². The Balaban J connectivity index is 3.91. The third-order valence-corrected chi connectivity index (χ3v) is 4.37. The summed E-state index contributed by atoms with van der Waals surface area (Å²) in [5.74, 6) is 0. The molecule has 1 atom stereocenters. The summed E-state index contributed by atoms with van der Waals surface area (Å²) in [7, 11) is -2.83. The van der Waals surface area contributed by atoms with Crippen molar-refractivity contribution >= 4 is 19.2 Å². The van der Waals surface area contributed by atoms with Gasteiger partial charge in [-0.25, -0.2) is 0 Å². The monoisotopic (exact) mass is 273 g/mol. The van der Waals surface area contributed by atoms with E-state index in [1.54, 1.807) is 0 Å². The standard InChI is InChI=1S/C9H21ClNO4P/c1-3-4-5-7-11(2)8-6-9(10,12)16(13,14)15/h12H,3-8H2,1-2H3,(H2,13,14,15). The largest absolute Gasteiger partial charge is 0.372 e. The maximum absolute atomic E-state index is 10.8. The first-order valence-electron chi connectivity index (χ1n) is 5.36. The van der Waals surface area contributed by atoms with Gasteiger partial charge in [-0.3, -0.25) is 4.57 Å². The Hall–Kier alpha value is 0.360. The number of hydrogen-bond donors (Lipinski definition) is 3. The molecular formula is C9H21ClNO4P. The lowest BCUT2D eigenvalue weighted by Crippen LogP contribution is -2.29. The molecule has 7 heteroatoms. The van der Waals surface area contributed by atoms with Gasteiger partial charge in [-0.2, -0.15) is 0 Å². The van der Waals surface area contributed by atoms with Crippen LogP contribution in [0.1, 0.15) is 32.6 Å². The fraction of sp³-hybridized carbons (Fsp3) is 1.00. The van der Waals surface area contributed by atoms with E-state index in [1.165, 1.54) is 0 Å². The fourth-order valence-corrected chi connectivity index (χ4v) is 1.70. The number of aliphatic hydroxyl groups is 1. The summed E-state index contributed by atoms with van der Waals surface area (Å²) in [5.41, 5.74) is 0. The average molecular weight is 274 g/mol. The van der Waals surface area contributed by atoms with Crippen molar-refractivity contribution in [1.82, 2.24) is 4.90 Å². The summed E-state index contributed by atoms with van der Waals surface area (Å²) in [6.45, 7) is 3.29. The van der Waals surface area contributed by atoms with Crippen LogP contribution in [0.2, 0.25) is 0 Å². The van der Waals surface area contributed by atoms with Crippen molar-refractivity contribution in [2.24, 2.45) is 0 Å². The maximum Gasteiger partial charge on any atom is 0.372 e. The molecule has 0 fully saturated rings. The van der Waals surface area contributed by atoms with Crippen LogP contribution < -0.4 is 0 Å². The number of unbranched alkanes of at least 4 members (excludes halogenated alkanes) is 2. The van der Waals surface area contributed by atoms with Crippen molar-refractivity contribution < 1.29 is 19.5 Å². The second-order valence-electron chi connectivity index (χ2n) is 4.02. The van der Waals surface area contributed by atoms with Gasteiger partial charge in [0.05, 0.1) is 0 Å². The third-order valence-electron chi connectivity index (χ3n) is 2.40. The van der Waals surface area contributed by atoms with Gasteiger partial charge in [0, 0.05) is 13.0 Å².